The Morgan fingerprint density at radius 3 is 2.67 bits per heavy atom. The number of benzene rings is 1. The highest BCUT2D eigenvalue weighted by Gasteiger charge is 2.09. The number of aromatic nitrogens is 3. The van der Waals surface area contributed by atoms with Gasteiger partial charge in [0.2, 0.25) is 5.16 Å². The maximum absolute atomic E-state index is 6.18. The second-order valence-corrected chi connectivity index (χ2v) is 5.45. The van der Waals surface area contributed by atoms with Crippen molar-refractivity contribution in [2.45, 2.75) is 32.0 Å². The zero-order valence-electron chi connectivity index (χ0n) is 10.9. The van der Waals surface area contributed by atoms with Crippen molar-refractivity contribution in [1.29, 1.82) is 0 Å². The Labute approximate surface area is 111 Å². The van der Waals surface area contributed by atoms with Crippen molar-refractivity contribution in [2.75, 3.05) is 5.75 Å². The van der Waals surface area contributed by atoms with Gasteiger partial charge in [-0.2, -0.15) is 0 Å². The van der Waals surface area contributed by atoms with Crippen LogP contribution in [0, 0.1) is 20.8 Å². The van der Waals surface area contributed by atoms with Gasteiger partial charge in [-0.3, -0.25) is 5.10 Å². The summed E-state index contributed by atoms with van der Waals surface area (Å²) in [6, 6.07) is 6.38. The summed E-state index contributed by atoms with van der Waals surface area (Å²) < 4.78 is 0. The van der Waals surface area contributed by atoms with E-state index in [1.54, 1.807) is 11.8 Å². The fourth-order valence-corrected chi connectivity index (χ4v) is 2.48. The summed E-state index contributed by atoms with van der Waals surface area (Å²) in [4.78, 5) is 4.25. The van der Waals surface area contributed by atoms with Crippen LogP contribution in [0.25, 0.3) is 0 Å². The van der Waals surface area contributed by atoms with Gasteiger partial charge >= 0.3 is 0 Å². The third-order valence-electron chi connectivity index (χ3n) is 2.93. The van der Waals surface area contributed by atoms with Crippen LogP contribution in [0.2, 0.25) is 0 Å². The molecular formula is C13H18N4S. The van der Waals surface area contributed by atoms with E-state index < -0.39 is 0 Å². The van der Waals surface area contributed by atoms with E-state index in [1.165, 1.54) is 11.1 Å². The highest BCUT2D eigenvalue weighted by atomic mass is 32.2. The van der Waals surface area contributed by atoms with E-state index in [2.05, 4.69) is 47.2 Å². The Bertz CT molecular complexity index is 536. The number of nitrogens with two attached hydrogens (primary N) is 1. The van der Waals surface area contributed by atoms with Gasteiger partial charge in [0.05, 0.1) is 0 Å². The van der Waals surface area contributed by atoms with Gasteiger partial charge in [0, 0.05) is 11.8 Å². The van der Waals surface area contributed by atoms with E-state index in [-0.39, 0.29) is 6.04 Å². The van der Waals surface area contributed by atoms with Crippen LogP contribution >= 0.6 is 11.8 Å². The van der Waals surface area contributed by atoms with Crippen molar-refractivity contribution in [3.05, 3.63) is 40.7 Å². The van der Waals surface area contributed by atoms with Crippen molar-refractivity contribution in [1.82, 2.24) is 15.2 Å². The minimum Gasteiger partial charge on any atom is -0.323 e. The predicted molar refractivity (Wildman–Crippen MR) is 74.7 cm³/mol. The monoisotopic (exact) mass is 262 g/mol. The Morgan fingerprint density at radius 1 is 1.28 bits per heavy atom. The predicted octanol–water partition coefficient (Wildman–Crippen LogP) is 2.52. The molecule has 0 amide bonds. The molecule has 3 N–H and O–H groups in total. The zero-order valence-corrected chi connectivity index (χ0v) is 11.7. The maximum atomic E-state index is 6.18. The van der Waals surface area contributed by atoms with E-state index in [9.17, 15) is 0 Å². The van der Waals surface area contributed by atoms with Crippen molar-refractivity contribution >= 4 is 11.8 Å². The Balaban J connectivity index is 1.99. The first-order chi connectivity index (χ1) is 8.56. The third-order valence-corrected chi connectivity index (χ3v) is 3.89. The molecule has 2 aromatic rings. The minimum absolute atomic E-state index is 0.00751. The Hall–Kier alpha value is -1.33. The van der Waals surface area contributed by atoms with Crippen LogP contribution in [-0.2, 0) is 0 Å². The Kier molecular flexibility index (Phi) is 4.04. The lowest BCUT2D eigenvalue weighted by molar-refractivity contribution is 0.825. The molecule has 1 atom stereocenters. The molecule has 0 spiro atoms. The van der Waals surface area contributed by atoms with Crippen LogP contribution in [0.5, 0.6) is 0 Å². The number of aryl methyl sites for hydroxylation is 3. The lowest BCUT2D eigenvalue weighted by Crippen LogP contribution is -2.13. The average Bonchev–Trinajstić information content (AvgIpc) is 2.75. The normalized spacial score (nSPS) is 12.7. The fourth-order valence-electron chi connectivity index (χ4n) is 1.64. The van der Waals surface area contributed by atoms with Gasteiger partial charge in [-0.25, -0.2) is 4.98 Å². The van der Waals surface area contributed by atoms with Crippen LogP contribution in [0.3, 0.4) is 0 Å². The average molecular weight is 262 g/mol. The molecule has 0 fully saturated rings. The highest BCUT2D eigenvalue weighted by molar-refractivity contribution is 7.99. The topological polar surface area (TPSA) is 67.6 Å². The second kappa shape index (κ2) is 5.54. The minimum atomic E-state index is 0.00751. The molecule has 96 valence electrons. The largest absolute Gasteiger partial charge is 0.323 e. The lowest BCUT2D eigenvalue weighted by atomic mass is 10.0. The molecule has 0 radical (unpaired) electrons. The van der Waals surface area contributed by atoms with Gasteiger partial charge in [-0.05, 0) is 37.5 Å². The molecule has 1 unspecified atom stereocenters. The lowest BCUT2D eigenvalue weighted by Gasteiger charge is -2.12. The summed E-state index contributed by atoms with van der Waals surface area (Å²) >= 11 is 1.58. The highest BCUT2D eigenvalue weighted by Crippen LogP contribution is 2.22. The number of aromatic amines is 1. The van der Waals surface area contributed by atoms with E-state index in [4.69, 9.17) is 5.73 Å². The summed E-state index contributed by atoms with van der Waals surface area (Å²) in [5.74, 6) is 1.61. The van der Waals surface area contributed by atoms with Crippen LogP contribution in [0.4, 0.5) is 0 Å². The number of thioether (sulfide) groups is 1. The molecule has 1 heterocycles. The molecule has 0 saturated carbocycles. The van der Waals surface area contributed by atoms with E-state index in [1.807, 2.05) is 6.92 Å². The summed E-state index contributed by atoms with van der Waals surface area (Å²) in [5, 5.41) is 7.67. The van der Waals surface area contributed by atoms with Gasteiger partial charge < -0.3 is 5.73 Å². The van der Waals surface area contributed by atoms with E-state index >= 15 is 0 Å². The fraction of sp³-hybridized carbons (Fsp3) is 0.385. The molecule has 0 aliphatic carbocycles. The summed E-state index contributed by atoms with van der Waals surface area (Å²) in [7, 11) is 0. The van der Waals surface area contributed by atoms with Crippen molar-refractivity contribution in [2.24, 2.45) is 5.73 Å². The number of nitrogens with one attached hydrogen (secondary N) is 1. The third kappa shape index (κ3) is 3.11. The number of nitrogens with zero attached hydrogens (tertiary/aromatic N) is 2. The molecule has 0 aliphatic heterocycles. The van der Waals surface area contributed by atoms with Crippen LogP contribution < -0.4 is 5.73 Å². The number of hydrogen-bond donors (Lipinski definition) is 2. The Morgan fingerprint density at radius 2 is 2.06 bits per heavy atom. The van der Waals surface area contributed by atoms with Crippen molar-refractivity contribution < 1.29 is 0 Å². The molecule has 5 heteroatoms. The van der Waals surface area contributed by atoms with E-state index in [0.29, 0.717) is 0 Å². The molecular weight excluding hydrogens is 244 g/mol. The molecule has 0 saturated heterocycles. The summed E-state index contributed by atoms with van der Waals surface area (Å²) in [6.45, 7) is 6.10. The molecule has 0 bridgehead atoms. The van der Waals surface area contributed by atoms with Crippen LogP contribution in [0.1, 0.15) is 28.6 Å². The zero-order chi connectivity index (χ0) is 13.1. The van der Waals surface area contributed by atoms with Gasteiger partial charge in [0.25, 0.3) is 0 Å². The first-order valence-corrected chi connectivity index (χ1v) is 6.89. The van der Waals surface area contributed by atoms with Gasteiger partial charge in [0.1, 0.15) is 5.82 Å². The molecule has 18 heavy (non-hydrogen) atoms. The number of rotatable bonds is 4. The van der Waals surface area contributed by atoms with Gasteiger partial charge in [-0.1, -0.05) is 30.0 Å². The van der Waals surface area contributed by atoms with Gasteiger partial charge in [-0.15, -0.1) is 5.10 Å². The maximum Gasteiger partial charge on any atom is 0.208 e. The first kappa shape index (κ1) is 13.1. The standard InChI is InChI=1S/C13H18N4S/c1-8-4-5-11(6-9(8)2)12(14)7-18-13-15-10(3)16-17-13/h4-6,12H,7,14H2,1-3H3,(H,15,16,17). The summed E-state index contributed by atoms with van der Waals surface area (Å²) in [5.41, 5.74) is 9.92. The number of hydrogen-bond acceptors (Lipinski definition) is 4. The van der Waals surface area contributed by atoms with Crippen molar-refractivity contribution in [3.63, 3.8) is 0 Å². The molecule has 4 nitrogen and oxygen atoms in total. The first-order valence-electron chi connectivity index (χ1n) is 5.91. The van der Waals surface area contributed by atoms with Crippen LogP contribution in [-0.4, -0.2) is 20.9 Å². The second-order valence-electron chi connectivity index (χ2n) is 4.46. The van der Waals surface area contributed by atoms with Crippen molar-refractivity contribution in [3.8, 4) is 0 Å². The smallest absolute Gasteiger partial charge is 0.208 e. The SMILES string of the molecule is Cc1nc(SCC(N)c2ccc(C)c(C)c2)n[nH]1. The van der Waals surface area contributed by atoms with Gasteiger partial charge in [0.15, 0.2) is 0 Å². The number of H-pyrrole nitrogens is 1. The molecule has 1 aromatic carbocycles. The van der Waals surface area contributed by atoms with Crippen LogP contribution in [0.15, 0.2) is 23.4 Å². The molecule has 2 rings (SSSR count). The summed E-state index contributed by atoms with van der Waals surface area (Å²) in [6.07, 6.45) is 0. The molecule has 0 aliphatic rings. The van der Waals surface area contributed by atoms with E-state index in [0.717, 1.165) is 22.3 Å². The molecule has 1 aromatic heterocycles. The quantitative estimate of drug-likeness (QED) is 0.831.